The van der Waals surface area contributed by atoms with Gasteiger partial charge in [0.05, 0.1) is 0 Å². The SMILES string of the molecule is CC1=C(/C=C/C=C\C(C)=C\C=C\C=O)C(C)(C)CCC1. The van der Waals surface area contributed by atoms with Crippen LogP contribution < -0.4 is 0 Å². The van der Waals surface area contributed by atoms with Crippen molar-refractivity contribution in [3.63, 3.8) is 0 Å². The molecular formula is C19H26O. The van der Waals surface area contributed by atoms with E-state index < -0.39 is 0 Å². The second-order valence-corrected chi connectivity index (χ2v) is 6.08. The second-order valence-electron chi connectivity index (χ2n) is 6.08. The van der Waals surface area contributed by atoms with Gasteiger partial charge in [-0.1, -0.05) is 61.4 Å². The first-order chi connectivity index (χ1) is 9.47. The van der Waals surface area contributed by atoms with E-state index in [9.17, 15) is 4.79 Å². The van der Waals surface area contributed by atoms with Gasteiger partial charge in [0, 0.05) is 0 Å². The number of carbonyl (C=O) groups is 1. The highest BCUT2D eigenvalue weighted by atomic mass is 16.1. The van der Waals surface area contributed by atoms with Gasteiger partial charge < -0.3 is 0 Å². The van der Waals surface area contributed by atoms with Crippen LogP contribution in [0.1, 0.15) is 47.0 Å². The highest BCUT2D eigenvalue weighted by Crippen LogP contribution is 2.40. The van der Waals surface area contributed by atoms with Gasteiger partial charge in [-0.25, -0.2) is 0 Å². The van der Waals surface area contributed by atoms with Crippen molar-refractivity contribution in [2.45, 2.75) is 47.0 Å². The Morgan fingerprint density at radius 3 is 2.55 bits per heavy atom. The second kappa shape index (κ2) is 7.84. The highest BCUT2D eigenvalue weighted by molar-refractivity contribution is 5.65. The van der Waals surface area contributed by atoms with Crippen molar-refractivity contribution in [3.8, 4) is 0 Å². The summed E-state index contributed by atoms with van der Waals surface area (Å²) in [5, 5.41) is 0. The predicted octanol–water partition coefficient (Wildman–Crippen LogP) is 5.33. The van der Waals surface area contributed by atoms with Gasteiger partial charge >= 0.3 is 0 Å². The zero-order chi connectivity index (χ0) is 15.0. The molecule has 0 N–H and O–H groups in total. The molecule has 0 aromatic heterocycles. The van der Waals surface area contributed by atoms with E-state index in [-0.39, 0.29) is 0 Å². The molecule has 0 spiro atoms. The Bertz CT molecular complexity index is 482. The average molecular weight is 270 g/mol. The van der Waals surface area contributed by atoms with Gasteiger partial charge in [0.25, 0.3) is 0 Å². The fourth-order valence-electron chi connectivity index (χ4n) is 2.68. The summed E-state index contributed by atoms with van der Waals surface area (Å²) in [4.78, 5) is 10.2. The fraction of sp³-hybridized carbons (Fsp3) is 0.421. The van der Waals surface area contributed by atoms with Crippen LogP contribution in [0.15, 0.2) is 59.3 Å². The van der Waals surface area contributed by atoms with Gasteiger partial charge in [0.2, 0.25) is 0 Å². The Kier molecular flexibility index (Phi) is 6.44. The van der Waals surface area contributed by atoms with Gasteiger partial charge in [0.15, 0.2) is 0 Å². The van der Waals surface area contributed by atoms with Gasteiger partial charge in [-0.2, -0.15) is 0 Å². The summed E-state index contributed by atoms with van der Waals surface area (Å²) in [5.41, 5.74) is 4.42. The molecule has 1 nitrogen and oxygen atoms in total. The van der Waals surface area contributed by atoms with Crippen LogP contribution in [0.2, 0.25) is 0 Å². The summed E-state index contributed by atoms with van der Waals surface area (Å²) in [6.07, 6.45) is 18.2. The molecule has 108 valence electrons. The summed E-state index contributed by atoms with van der Waals surface area (Å²) in [6.45, 7) is 8.93. The smallest absolute Gasteiger partial charge is 0.142 e. The molecule has 0 aliphatic heterocycles. The van der Waals surface area contributed by atoms with Crippen molar-refractivity contribution in [3.05, 3.63) is 59.3 Å². The van der Waals surface area contributed by atoms with Crippen molar-refractivity contribution in [2.75, 3.05) is 0 Å². The van der Waals surface area contributed by atoms with Crippen LogP contribution in [0.3, 0.4) is 0 Å². The van der Waals surface area contributed by atoms with Crippen molar-refractivity contribution in [2.24, 2.45) is 5.41 Å². The maximum atomic E-state index is 10.2. The van der Waals surface area contributed by atoms with Crippen molar-refractivity contribution in [1.29, 1.82) is 0 Å². The van der Waals surface area contributed by atoms with E-state index in [1.54, 1.807) is 6.08 Å². The quantitative estimate of drug-likeness (QED) is 0.375. The molecule has 1 aliphatic carbocycles. The van der Waals surface area contributed by atoms with Crippen LogP contribution in [0, 0.1) is 5.41 Å². The minimum absolute atomic E-state index is 0.296. The zero-order valence-electron chi connectivity index (χ0n) is 13.1. The Hall–Kier alpha value is -1.63. The Balaban J connectivity index is 2.71. The first-order valence-corrected chi connectivity index (χ1v) is 7.31. The lowest BCUT2D eigenvalue weighted by atomic mass is 9.73. The molecule has 20 heavy (non-hydrogen) atoms. The van der Waals surface area contributed by atoms with Gasteiger partial charge in [-0.15, -0.1) is 0 Å². The van der Waals surface area contributed by atoms with E-state index in [2.05, 4.69) is 45.1 Å². The van der Waals surface area contributed by atoms with E-state index >= 15 is 0 Å². The monoisotopic (exact) mass is 270 g/mol. The third-order valence-corrected chi connectivity index (χ3v) is 3.82. The summed E-state index contributed by atoms with van der Waals surface area (Å²) in [7, 11) is 0. The zero-order valence-corrected chi connectivity index (χ0v) is 13.1. The van der Waals surface area contributed by atoms with Crippen LogP contribution in [0.5, 0.6) is 0 Å². The first-order valence-electron chi connectivity index (χ1n) is 7.31. The van der Waals surface area contributed by atoms with E-state index in [1.807, 2.05) is 13.0 Å². The highest BCUT2D eigenvalue weighted by Gasteiger charge is 2.26. The molecule has 1 rings (SSSR count). The third kappa shape index (κ3) is 5.16. The Labute approximate surface area is 123 Å². The lowest BCUT2D eigenvalue weighted by molar-refractivity contribution is -0.104. The number of carbonyl (C=O) groups excluding carboxylic acids is 1. The minimum Gasteiger partial charge on any atom is -0.299 e. The number of allylic oxidation sites excluding steroid dienone is 10. The molecule has 0 atom stereocenters. The minimum atomic E-state index is 0.296. The van der Waals surface area contributed by atoms with E-state index in [0.29, 0.717) is 5.41 Å². The summed E-state index contributed by atoms with van der Waals surface area (Å²) < 4.78 is 0. The maximum absolute atomic E-state index is 10.2. The largest absolute Gasteiger partial charge is 0.299 e. The predicted molar refractivity (Wildman–Crippen MR) is 87.6 cm³/mol. The molecule has 0 bridgehead atoms. The third-order valence-electron chi connectivity index (χ3n) is 3.82. The number of rotatable bonds is 5. The van der Waals surface area contributed by atoms with Gasteiger partial charge in [0.1, 0.15) is 6.29 Å². The first kappa shape index (κ1) is 16.4. The molecule has 0 heterocycles. The summed E-state index contributed by atoms with van der Waals surface area (Å²) in [5.74, 6) is 0. The average Bonchev–Trinajstić information content (AvgIpc) is 2.37. The van der Waals surface area contributed by atoms with Crippen molar-refractivity contribution < 1.29 is 4.79 Å². The van der Waals surface area contributed by atoms with E-state index in [4.69, 9.17) is 0 Å². The number of aldehydes is 1. The molecule has 0 radical (unpaired) electrons. The van der Waals surface area contributed by atoms with Gasteiger partial charge in [-0.05, 0) is 50.2 Å². The molecule has 0 aromatic carbocycles. The molecule has 0 saturated heterocycles. The van der Waals surface area contributed by atoms with Crippen LogP contribution in [0.25, 0.3) is 0 Å². The van der Waals surface area contributed by atoms with Crippen LogP contribution in [0.4, 0.5) is 0 Å². The lowest BCUT2D eigenvalue weighted by Gasteiger charge is -2.32. The van der Waals surface area contributed by atoms with Crippen LogP contribution in [-0.2, 0) is 4.79 Å². The molecule has 0 saturated carbocycles. The van der Waals surface area contributed by atoms with E-state index in [1.165, 1.54) is 36.5 Å². The molecule has 0 fully saturated rings. The molecule has 1 aliphatic rings. The van der Waals surface area contributed by atoms with Crippen LogP contribution >= 0.6 is 0 Å². The van der Waals surface area contributed by atoms with Gasteiger partial charge in [-0.3, -0.25) is 4.79 Å². The molecule has 0 aromatic rings. The Morgan fingerprint density at radius 2 is 1.90 bits per heavy atom. The van der Waals surface area contributed by atoms with Crippen molar-refractivity contribution in [1.82, 2.24) is 0 Å². The topological polar surface area (TPSA) is 17.1 Å². The maximum Gasteiger partial charge on any atom is 0.142 e. The standard InChI is InChI=1S/C19H26O/c1-16(11-7-8-15-20)10-5-6-13-18-17(2)12-9-14-19(18,3)4/h5-8,10-11,13,15H,9,12,14H2,1-4H3/b8-7+,10-5-,13-6+,16-11+. The normalized spacial score (nSPS) is 20.5. The van der Waals surface area contributed by atoms with E-state index in [0.717, 1.165) is 11.9 Å². The molecule has 1 heteroatoms. The van der Waals surface area contributed by atoms with Crippen molar-refractivity contribution >= 4 is 6.29 Å². The number of hydrogen-bond donors (Lipinski definition) is 0. The summed E-state index contributed by atoms with van der Waals surface area (Å²) in [6, 6.07) is 0. The molecule has 0 unspecified atom stereocenters. The Morgan fingerprint density at radius 1 is 1.15 bits per heavy atom. The van der Waals surface area contributed by atoms with Crippen LogP contribution in [-0.4, -0.2) is 6.29 Å². The lowest BCUT2D eigenvalue weighted by Crippen LogP contribution is -2.18. The molecular weight excluding hydrogens is 244 g/mol. The molecule has 0 amide bonds. The fourth-order valence-corrected chi connectivity index (χ4v) is 2.68. The number of hydrogen-bond acceptors (Lipinski definition) is 1. The summed E-state index contributed by atoms with van der Waals surface area (Å²) >= 11 is 0.